The van der Waals surface area contributed by atoms with Crippen LogP contribution >= 0.6 is 31.9 Å². The number of ether oxygens (including phenoxy) is 1. The Bertz CT molecular complexity index is 628. The van der Waals surface area contributed by atoms with E-state index >= 15 is 0 Å². The Hall–Kier alpha value is -0.840. The lowest BCUT2D eigenvalue weighted by atomic mass is 9.96. The van der Waals surface area contributed by atoms with Crippen molar-refractivity contribution in [3.63, 3.8) is 0 Å². The molecule has 0 aliphatic carbocycles. The van der Waals surface area contributed by atoms with E-state index in [4.69, 9.17) is 4.74 Å². The highest BCUT2D eigenvalue weighted by Crippen LogP contribution is 2.35. The molecule has 1 atom stereocenters. The van der Waals surface area contributed by atoms with Crippen molar-refractivity contribution < 1.29 is 4.74 Å². The number of benzene rings is 2. The molecule has 0 heterocycles. The summed E-state index contributed by atoms with van der Waals surface area (Å²) < 4.78 is 7.94. The number of aryl methyl sites for hydroxylation is 1. The zero-order valence-corrected chi connectivity index (χ0v) is 15.6. The Morgan fingerprint density at radius 3 is 2.52 bits per heavy atom. The average molecular weight is 413 g/mol. The normalized spacial score (nSPS) is 12.2. The lowest BCUT2D eigenvalue weighted by Crippen LogP contribution is -2.19. The van der Waals surface area contributed by atoms with Gasteiger partial charge in [0.2, 0.25) is 0 Å². The predicted molar refractivity (Wildman–Crippen MR) is 95.1 cm³/mol. The summed E-state index contributed by atoms with van der Waals surface area (Å²) in [7, 11) is 1.97. The Labute approximate surface area is 143 Å². The van der Waals surface area contributed by atoms with Crippen LogP contribution in [0, 0.1) is 6.92 Å². The predicted octanol–water partition coefficient (Wildman–Crippen LogP) is 5.23. The highest BCUT2D eigenvalue weighted by molar-refractivity contribution is 9.11. The van der Waals surface area contributed by atoms with Crippen LogP contribution in [0.1, 0.15) is 29.7 Å². The molecule has 0 spiro atoms. The largest absolute Gasteiger partial charge is 0.494 e. The van der Waals surface area contributed by atoms with Gasteiger partial charge >= 0.3 is 0 Å². The second kappa shape index (κ2) is 7.43. The summed E-state index contributed by atoms with van der Waals surface area (Å²) in [5.41, 5.74) is 3.55. The maximum absolute atomic E-state index is 5.80. The summed E-state index contributed by atoms with van der Waals surface area (Å²) >= 11 is 7.20. The number of nitrogens with one attached hydrogen (secondary N) is 1. The number of hydrogen-bond acceptors (Lipinski definition) is 2. The van der Waals surface area contributed by atoms with Gasteiger partial charge in [-0.3, -0.25) is 0 Å². The van der Waals surface area contributed by atoms with E-state index in [2.05, 4.69) is 68.4 Å². The van der Waals surface area contributed by atoms with Gasteiger partial charge in [0.15, 0.2) is 0 Å². The third-order valence-corrected chi connectivity index (χ3v) is 4.55. The summed E-state index contributed by atoms with van der Waals surface area (Å²) in [4.78, 5) is 0. The van der Waals surface area contributed by atoms with Gasteiger partial charge in [0.1, 0.15) is 5.75 Å². The van der Waals surface area contributed by atoms with E-state index in [0.29, 0.717) is 6.61 Å². The van der Waals surface area contributed by atoms with Gasteiger partial charge < -0.3 is 10.1 Å². The molecule has 0 bridgehead atoms. The Morgan fingerprint density at radius 2 is 1.86 bits per heavy atom. The summed E-state index contributed by atoms with van der Waals surface area (Å²) in [6.45, 7) is 4.76. The SMILES string of the molecule is CCOc1ccc(C)cc1C(NC)c1cc(Br)ccc1Br. The molecule has 1 N–H and O–H groups in total. The minimum Gasteiger partial charge on any atom is -0.494 e. The molecule has 0 amide bonds. The van der Waals surface area contributed by atoms with Crippen molar-refractivity contribution in [1.29, 1.82) is 0 Å². The molecule has 0 aromatic heterocycles. The number of hydrogen-bond donors (Lipinski definition) is 1. The monoisotopic (exact) mass is 411 g/mol. The molecule has 0 aliphatic heterocycles. The van der Waals surface area contributed by atoms with Crippen LogP contribution in [0.3, 0.4) is 0 Å². The molecule has 2 rings (SSSR count). The van der Waals surface area contributed by atoms with Crippen LogP contribution in [0.4, 0.5) is 0 Å². The molecule has 0 radical (unpaired) electrons. The topological polar surface area (TPSA) is 21.3 Å². The number of halogens is 2. The van der Waals surface area contributed by atoms with E-state index < -0.39 is 0 Å². The summed E-state index contributed by atoms with van der Waals surface area (Å²) in [6, 6.07) is 12.6. The van der Waals surface area contributed by atoms with Gasteiger partial charge in [-0.15, -0.1) is 0 Å². The maximum atomic E-state index is 5.80. The second-order valence-corrected chi connectivity index (χ2v) is 6.63. The summed E-state index contributed by atoms with van der Waals surface area (Å²) in [5, 5.41) is 3.40. The van der Waals surface area contributed by atoms with Crippen LogP contribution in [-0.2, 0) is 0 Å². The van der Waals surface area contributed by atoms with Crippen LogP contribution in [0.5, 0.6) is 5.75 Å². The van der Waals surface area contributed by atoms with Crippen molar-refractivity contribution in [3.05, 3.63) is 62.0 Å². The molecule has 0 fully saturated rings. The fourth-order valence-electron chi connectivity index (χ4n) is 2.39. The molecule has 112 valence electrons. The first kappa shape index (κ1) is 16.5. The van der Waals surface area contributed by atoms with Crippen LogP contribution in [0.15, 0.2) is 45.3 Å². The van der Waals surface area contributed by atoms with Gasteiger partial charge in [-0.1, -0.05) is 49.6 Å². The van der Waals surface area contributed by atoms with Crippen LogP contribution in [-0.4, -0.2) is 13.7 Å². The molecule has 0 saturated heterocycles. The van der Waals surface area contributed by atoms with Crippen molar-refractivity contribution in [1.82, 2.24) is 5.32 Å². The molecule has 21 heavy (non-hydrogen) atoms. The molecule has 1 unspecified atom stereocenters. The van der Waals surface area contributed by atoms with Crippen LogP contribution in [0.25, 0.3) is 0 Å². The number of rotatable bonds is 5. The zero-order valence-electron chi connectivity index (χ0n) is 12.4. The zero-order chi connectivity index (χ0) is 15.4. The Balaban J connectivity index is 2.55. The van der Waals surface area contributed by atoms with Gasteiger partial charge in [-0.25, -0.2) is 0 Å². The van der Waals surface area contributed by atoms with Gasteiger partial charge in [-0.05, 0) is 50.7 Å². The molecule has 2 nitrogen and oxygen atoms in total. The van der Waals surface area contributed by atoms with Crippen molar-refractivity contribution in [2.24, 2.45) is 0 Å². The van der Waals surface area contributed by atoms with Gasteiger partial charge in [0.05, 0.1) is 12.6 Å². The standard InChI is InChI=1S/C17H19Br2NO/c1-4-21-16-8-5-11(2)9-14(16)17(20-3)13-10-12(18)6-7-15(13)19/h5-10,17,20H,4H2,1-3H3. The highest BCUT2D eigenvalue weighted by atomic mass is 79.9. The van der Waals surface area contributed by atoms with E-state index in [1.54, 1.807) is 0 Å². The first-order valence-electron chi connectivity index (χ1n) is 6.92. The van der Waals surface area contributed by atoms with E-state index in [9.17, 15) is 0 Å². The fourth-order valence-corrected chi connectivity index (χ4v) is 3.25. The highest BCUT2D eigenvalue weighted by Gasteiger charge is 2.19. The fraction of sp³-hybridized carbons (Fsp3) is 0.294. The van der Waals surface area contributed by atoms with Crippen molar-refractivity contribution >= 4 is 31.9 Å². The molecule has 2 aromatic rings. The first-order chi connectivity index (χ1) is 10.1. The maximum Gasteiger partial charge on any atom is 0.124 e. The van der Waals surface area contributed by atoms with Crippen molar-refractivity contribution in [2.45, 2.75) is 19.9 Å². The lowest BCUT2D eigenvalue weighted by molar-refractivity contribution is 0.334. The average Bonchev–Trinajstić information content (AvgIpc) is 2.46. The molecular formula is C17H19Br2NO. The van der Waals surface area contributed by atoms with Crippen molar-refractivity contribution in [3.8, 4) is 5.75 Å². The third-order valence-electron chi connectivity index (χ3n) is 3.33. The molecular weight excluding hydrogens is 394 g/mol. The third kappa shape index (κ3) is 3.87. The summed E-state index contributed by atoms with van der Waals surface area (Å²) in [5.74, 6) is 0.925. The smallest absolute Gasteiger partial charge is 0.124 e. The molecule has 4 heteroatoms. The molecule has 0 saturated carbocycles. The lowest BCUT2D eigenvalue weighted by Gasteiger charge is -2.22. The van der Waals surface area contributed by atoms with Gasteiger partial charge in [0, 0.05) is 14.5 Å². The Morgan fingerprint density at radius 1 is 1.10 bits per heavy atom. The molecule has 2 aromatic carbocycles. The quantitative estimate of drug-likeness (QED) is 0.725. The summed E-state index contributed by atoms with van der Waals surface area (Å²) in [6.07, 6.45) is 0. The minimum absolute atomic E-state index is 0.0679. The van der Waals surface area contributed by atoms with Gasteiger partial charge in [0.25, 0.3) is 0 Å². The van der Waals surface area contributed by atoms with Gasteiger partial charge in [-0.2, -0.15) is 0 Å². The second-order valence-electron chi connectivity index (χ2n) is 4.86. The minimum atomic E-state index is 0.0679. The van der Waals surface area contributed by atoms with E-state index in [1.165, 1.54) is 11.1 Å². The first-order valence-corrected chi connectivity index (χ1v) is 8.51. The van der Waals surface area contributed by atoms with Crippen molar-refractivity contribution in [2.75, 3.05) is 13.7 Å². The molecule has 0 aliphatic rings. The Kier molecular flexibility index (Phi) is 5.85. The van der Waals surface area contributed by atoms with E-state index in [0.717, 1.165) is 20.3 Å². The van der Waals surface area contributed by atoms with E-state index in [-0.39, 0.29) is 6.04 Å². The van der Waals surface area contributed by atoms with Crippen LogP contribution < -0.4 is 10.1 Å². The van der Waals surface area contributed by atoms with Crippen LogP contribution in [0.2, 0.25) is 0 Å². The van der Waals surface area contributed by atoms with E-state index in [1.807, 2.05) is 26.1 Å².